The molecule has 1 saturated carbocycles. The molecule has 4 aliphatic rings. The second-order valence-electron chi connectivity index (χ2n) is 10.8. The van der Waals surface area contributed by atoms with Gasteiger partial charge in [-0.05, 0) is 44.5 Å². The summed E-state index contributed by atoms with van der Waals surface area (Å²) >= 11 is 0. The fraction of sp³-hybridized carbons (Fsp3) is 0.571. The maximum absolute atomic E-state index is 12.8. The van der Waals surface area contributed by atoms with E-state index >= 15 is 0 Å². The monoisotopic (exact) mass is 502 g/mol. The zero-order chi connectivity index (χ0) is 25.4. The van der Waals surface area contributed by atoms with Crippen LogP contribution in [0.25, 0.3) is 6.08 Å². The normalized spacial score (nSPS) is 24.2. The first-order valence-corrected chi connectivity index (χ1v) is 13.9. The van der Waals surface area contributed by atoms with Crippen molar-refractivity contribution >= 4 is 35.3 Å². The molecular formula is C28H38N8O. The third kappa shape index (κ3) is 4.43. The lowest BCUT2D eigenvalue weighted by atomic mass is 9.77. The highest BCUT2D eigenvalue weighted by Crippen LogP contribution is 2.43. The van der Waals surface area contributed by atoms with Crippen molar-refractivity contribution < 1.29 is 4.79 Å². The predicted molar refractivity (Wildman–Crippen MR) is 147 cm³/mol. The van der Waals surface area contributed by atoms with Crippen LogP contribution in [0.2, 0.25) is 0 Å². The van der Waals surface area contributed by atoms with Gasteiger partial charge in [0.25, 0.3) is 0 Å². The quantitative estimate of drug-likeness (QED) is 0.620. The number of hydrogen-bond acceptors (Lipinski definition) is 8. The minimum absolute atomic E-state index is 0.0496. The molecular weight excluding hydrogens is 464 g/mol. The maximum Gasteiger partial charge on any atom is 0.246 e. The van der Waals surface area contributed by atoms with Crippen LogP contribution in [-0.4, -0.2) is 76.1 Å². The first kappa shape index (κ1) is 24.2. The zero-order valence-corrected chi connectivity index (χ0v) is 22.0. The molecule has 3 aliphatic heterocycles. The molecule has 1 spiro atoms. The standard InChI is InChI=1S/C28H38N8O/c1-3-34(4-2)22-12-15-35(18-22)21-9-11-24(29-17-21)32-27-30-16-20-8-10-23-26(37)31-19-28(13-6-5-7-14-28)36(23)25(20)33-27/h8-11,16-17,22-23H,3-7,12-15,18-19H2,1-2H3,(H,31,37)(H,29,30,32,33). The molecule has 2 unspecified atom stereocenters. The molecule has 1 amide bonds. The maximum atomic E-state index is 12.8. The Morgan fingerprint density at radius 1 is 1.14 bits per heavy atom. The van der Waals surface area contributed by atoms with Gasteiger partial charge in [-0.25, -0.2) is 9.97 Å². The van der Waals surface area contributed by atoms with Crippen LogP contribution >= 0.6 is 0 Å². The number of nitrogens with one attached hydrogen (secondary N) is 2. The van der Waals surface area contributed by atoms with Crippen LogP contribution in [-0.2, 0) is 4.79 Å². The average molecular weight is 503 g/mol. The van der Waals surface area contributed by atoms with Gasteiger partial charge in [0.05, 0.1) is 17.4 Å². The van der Waals surface area contributed by atoms with Gasteiger partial charge in [0.15, 0.2) is 0 Å². The smallest absolute Gasteiger partial charge is 0.246 e. The second-order valence-corrected chi connectivity index (χ2v) is 10.8. The third-order valence-electron chi connectivity index (χ3n) is 8.76. The Hall–Kier alpha value is -3.20. The first-order chi connectivity index (χ1) is 18.1. The van der Waals surface area contributed by atoms with Crippen molar-refractivity contribution in [3.63, 3.8) is 0 Å². The lowest BCUT2D eigenvalue weighted by Crippen LogP contribution is -2.69. The number of nitrogens with zero attached hydrogens (tertiary/aromatic N) is 6. The molecule has 2 atom stereocenters. The van der Waals surface area contributed by atoms with Crippen molar-refractivity contribution in [2.24, 2.45) is 0 Å². The molecule has 6 rings (SSSR count). The number of pyridine rings is 1. The Bertz CT molecular complexity index is 1160. The van der Waals surface area contributed by atoms with Gasteiger partial charge in [0, 0.05) is 37.4 Å². The van der Waals surface area contributed by atoms with Crippen molar-refractivity contribution in [2.75, 3.05) is 47.8 Å². The molecule has 37 heavy (non-hydrogen) atoms. The molecule has 2 aromatic rings. The fourth-order valence-corrected chi connectivity index (χ4v) is 6.73. The van der Waals surface area contributed by atoms with Crippen LogP contribution in [0.5, 0.6) is 0 Å². The van der Waals surface area contributed by atoms with E-state index in [4.69, 9.17) is 4.98 Å². The van der Waals surface area contributed by atoms with E-state index in [1.165, 1.54) is 25.7 Å². The van der Waals surface area contributed by atoms with Gasteiger partial charge in [0.2, 0.25) is 11.9 Å². The van der Waals surface area contributed by atoms with E-state index in [2.05, 4.69) is 55.2 Å². The van der Waals surface area contributed by atoms with Crippen LogP contribution in [0, 0.1) is 0 Å². The molecule has 3 fully saturated rings. The summed E-state index contributed by atoms with van der Waals surface area (Å²) in [5.41, 5.74) is 2.03. The van der Waals surface area contributed by atoms with Crippen LogP contribution in [0.3, 0.4) is 0 Å². The first-order valence-electron chi connectivity index (χ1n) is 13.9. The highest BCUT2D eigenvalue weighted by molar-refractivity contribution is 5.93. The molecule has 9 nitrogen and oxygen atoms in total. The van der Waals surface area contributed by atoms with E-state index in [9.17, 15) is 4.79 Å². The highest BCUT2D eigenvalue weighted by Gasteiger charge is 2.49. The van der Waals surface area contributed by atoms with Gasteiger partial charge in [-0.3, -0.25) is 9.69 Å². The van der Waals surface area contributed by atoms with Crippen LogP contribution in [0.4, 0.5) is 23.3 Å². The predicted octanol–water partition coefficient (Wildman–Crippen LogP) is 3.57. The van der Waals surface area contributed by atoms with E-state index in [-0.39, 0.29) is 17.5 Å². The van der Waals surface area contributed by atoms with Gasteiger partial charge < -0.3 is 20.4 Å². The van der Waals surface area contributed by atoms with Crippen molar-refractivity contribution in [2.45, 2.75) is 70.0 Å². The Morgan fingerprint density at radius 2 is 1.97 bits per heavy atom. The molecule has 0 radical (unpaired) electrons. The fourth-order valence-electron chi connectivity index (χ4n) is 6.73. The molecule has 2 saturated heterocycles. The summed E-state index contributed by atoms with van der Waals surface area (Å²) in [5, 5.41) is 6.47. The minimum Gasteiger partial charge on any atom is -0.369 e. The summed E-state index contributed by atoms with van der Waals surface area (Å²) in [4.78, 5) is 34.2. The summed E-state index contributed by atoms with van der Waals surface area (Å²) < 4.78 is 0. The Labute approximate surface area is 219 Å². The topological polar surface area (TPSA) is 89.5 Å². The second kappa shape index (κ2) is 9.93. The highest BCUT2D eigenvalue weighted by atomic mass is 16.2. The number of carbonyl (C=O) groups excluding carboxylic acids is 1. The number of piperazine rings is 1. The Morgan fingerprint density at radius 3 is 2.73 bits per heavy atom. The van der Waals surface area contributed by atoms with Crippen LogP contribution in [0.1, 0.15) is 57.9 Å². The number of rotatable bonds is 6. The number of anilines is 4. The van der Waals surface area contributed by atoms with Crippen molar-refractivity contribution in [3.05, 3.63) is 36.2 Å². The molecule has 2 N–H and O–H groups in total. The summed E-state index contributed by atoms with van der Waals surface area (Å²) in [6, 6.07) is 4.42. The van der Waals surface area contributed by atoms with Gasteiger partial charge in [-0.15, -0.1) is 0 Å². The van der Waals surface area contributed by atoms with Gasteiger partial charge in [-0.2, -0.15) is 4.98 Å². The average Bonchev–Trinajstić information content (AvgIpc) is 3.42. The number of likely N-dealkylation sites (N-methyl/N-ethyl adjacent to an activating group) is 1. The zero-order valence-electron chi connectivity index (χ0n) is 22.0. The number of amides is 1. The lowest BCUT2D eigenvalue weighted by Gasteiger charge is -2.54. The van der Waals surface area contributed by atoms with Crippen LogP contribution < -0.4 is 20.4 Å². The molecule has 5 heterocycles. The number of fused-ring (bicyclic) bond motifs is 4. The van der Waals surface area contributed by atoms with Crippen LogP contribution in [0.15, 0.2) is 30.6 Å². The van der Waals surface area contributed by atoms with Gasteiger partial charge >= 0.3 is 0 Å². The minimum atomic E-state index is -0.319. The molecule has 1 aliphatic carbocycles. The largest absolute Gasteiger partial charge is 0.369 e. The molecule has 2 aromatic heterocycles. The van der Waals surface area contributed by atoms with Crippen molar-refractivity contribution in [3.8, 4) is 0 Å². The van der Waals surface area contributed by atoms with Gasteiger partial charge in [-0.1, -0.05) is 45.3 Å². The Balaban J connectivity index is 1.20. The Kier molecular flexibility index (Phi) is 6.48. The summed E-state index contributed by atoms with van der Waals surface area (Å²) in [6.45, 7) is 9.45. The summed E-state index contributed by atoms with van der Waals surface area (Å²) in [7, 11) is 0. The van der Waals surface area contributed by atoms with E-state index in [0.29, 0.717) is 18.5 Å². The molecule has 0 bridgehead atoms. The van der Waals surface area contributed by atoms with E-state index in [1.807, 2.05) is 30.6 Å². The van der Waals surface area contributed by atoms with Crippen molar-refractivity contribution in [1.29, 1.82) is 0 Å². The van der Waals surface area contributed by atoms with E-state index < -0.39 is 0 Å². The summed E-state index contributed by atoms with van der Waals surface area (Å²) in [5.74, 6) is 2.12. The van der Waals surface area contributed by atoms with Gasteiger partial charge in [0.1, 0.15) is 17.7 Å². The molecule has 9 heteroatoms. The van der Waals surface area contributed by atoms with E-state index in [1.54, 1.807) is 0 Å². The molecule has 0 aromatic carbocycles. The number of carbonyl (C=O) groups is 1. The third-order valence-corrected chi connectivity index (χ3v) is 8.76. The lowest BCUT2D eigenvalue weighted by molar-refractivity contribution is -0.123. The number of aromatic nitrogens is 3. The van der Waals surface area contributed by atoms with E-state index in [0.717, 1.165) is 61.9 Å². The van der Waals surface area contributed by atoms with Crippen molar-refractivity contribution in [1.82, 2.24) is 25.2 Å². The number of hydrogen-bond donors (Lipinski definition) is 2. The summed E-state index contributed by atoms with van der Waals surface area (Å²) in [6.07, 6.45) is 14.7. The molecule has 196 valence electrons. The SMILES string of the molecule is CCN(CC)C1CCN(c2ccc(Nc3ncc4c(n3)N3C(C=C4)C(=O)NCC34CCCCC4)nc2)C1.